The standard InChI is InChI=1S/C22H25NO2/c24-21(18-12-15-25-16-18)23-14-7-13-22(17-23,19-8-3-1-4-9-19)20-10-5-2-6-11-20/h1-6,8-11,18H,7,12-17H2/t18-/m1/s1. The first-order valence-corrected chi connectivity index (χ1v) is 9.27. The van der Waals surface area contributed by atoms with E-state index in [2.05, 4.69) is 65.6 Å². The lowest BCUT2D eigenvalue weighted by atomic mass is 9.69. The molecule has 4 rings (SSSR count). The number of amides is 1. The van der Waals surface area contributed by atoms with E-state index in [-0.39, 0.29) is 17.2 Å². The maximum absolute atomic E-state index is 13.0. The van der Waals surface area contributed by atoms with Crippen LogP contribution < -0.4 is 0 Å². The molecule has 0 unspecified atom stereocenters. The average Bonchev–Trinajstić information content (AvgIpc) is 3.23. The number of ether oxygens (including phenoxy) is 1. The molecule has 2 heterocycles. The summed E-state index contributed by atoms with van der Waals surface area (Å²) in [5.74, 6) is 0.316. The summed E-state index contributed by atoms with van der Waals surface area (Å²) in [5.41, 5.74) is 2.50. The van der Waals surface area contributed by atoms with Crippen molar-refractivity contribution in [2.75, 3.05) is 26.3 Å². The third kappa shape index (κ3) is 3.09. The van der Waals surface area contributed by atoms with Gasteiger partial charge in [-0.1, -0.05) is 60.7 Å². The normalized spacial score (nSPS) is 22.7. The molecule has 1 amide bonds. The zero-order valence-corrected chi connectivity index (χ0v) is 14.6. The third-order valence-electron chi connectivity index (χ3n) is 5.74. The summed E-state index contributed by atoms with van der Waals surface area (Å²) >= 11 is 0. The highest BCUT2D eigenvalue weighted by Crippen LogP contribution is 2.40. The van der Waals surface area contributed by atoms with E-state index in [1.54, 1.807) is 0 Å². The van der Waals surface area contributed by atoms with Crippen LogP contribution in [0.1, 0.15) is 30.4 Å². The van der Waals surface area contributed by atoms with Crippen molar-refractivity contribution in [2.45, 2.75) is 24.7 Å². The van der Waals surface area contributed by atoms with E-state index in [9.17, 15) is 4.79 Å². The predicted molar refractivity (Wildman–Crippen MR) is 98.4 cm³/mol. The van der Waals surface area contributed by atoms with Gasteiger partial charge in [0.2, 0.25) is 5.91 Å². The van der Waals surface area contributed by atoms with Gasteiger partial charge in [0.15, 0.2) is 0 Å². The van der Waals surface area contributed by atoms with Crippen molar-refractivity contribution in [2.24, 2.45) is 5.92 Å². The van der Waals surface area contributed by atoms with Crippen molar-refractivity contribution in [1.82, 2.24) is 4.90 Å². The molecule has 3 heteroatoms. The fourth-order valence-electron chi connectivity index (χ4n) is 4.38. The predicted octanol–water partition coefficient (Wildman–Crippen LogP) is 3.63. The Morgan fingerprint density at radius 3 is 2.20 bits per heavy atom. The number of nitrogens with zero attached hydrogens (tertiary/aromatic N) is 1. The summed E-state index contributed by atoms with van der Waals surface area (Å²) in [4.78, 5) is 15.1. The second-order valence-corrected chi connectivity index (χ2v) is 7.24. The number of piperidine rings is 1. The molecule has 130 valence electrons. The minimum absolute atomic E-state index is 0.0438. The van der Waals surface area contributed by atoms with Crippen LogP contribution in [-0.4, -0.2) is 37.1 Å². The maximum Gasteiger partial charge on any atom is 0.228 e. The topological polar surface area (TPSA) is 29.5 Å². The molecular weight excluding hydrogens is 310 g/mol. The van der Waals surface area contributed by atoms with E-state index in [1.807, 2.05) is 0 Å². The van der Waals surface area contributed by atoms with Gasteiger partial charge < -0.3 is 9.64 Å². The van der Waals surface area contributed by atoms with Crippen LogP contribution in [0.25, 0.3) is 0 Å². The van der Waals surface area contributed by atoms with Crippen LogP contribution in [0.15, 0.2) is 60.7 Å². The van der Waals surface area contributed by atoms with Crippen LogP contribution in [0.3, 0.4) is 0 Å². The summed E-state index contributed by atoms with van der Waals surface area (Å²) in [6.07, 6.45) is 2.97. The van der Waals surface area contributed by atoms with E-state index in [4.69, 9.17) is 4.74 Å². The van der Waals surface area contributed by atoms with Gasteiger partial charge in [-0.05, 0) is 30.4 Å². The first kappa shape index (κ1) is 16.3. The monoisotopic (exact) mass is 335 g/mol. The molecule has 2 aromatic carbocycles. The number of hydrogen-bond acceptors (Lipinski definition) is 2. The fourth-order valence-corrected chi connectivity index (χ4v) is 4.38. The summed E-state index contributed by atoms with van der Waals surface area (Å²) in [5, 5.41) is 0. The number of carbonyl (C=O) groups excluding carboxylic acids is 1. The highest BCUT2D eigenvalue weighted by molar-refractivity contribution is 5.79. The molecule has 25 heavy (non-hydrogen) atoms. The fraction of sp³-hybridized carbons (Fsp3) is 0.409. The Labute approximate surface area is 149 Å². The molecule has 0 spiro atoms. The molecule has 2 saturated heterocycles. The number of carbonyl (C=O) groups is 1. The van der Waals surface area contributed by atoms with Crippen molar-refractivity contribution in [3.63, 3.8) is 0 Å². The molecule has 0 aliphatic carbocycles. The maximum atomic E-state index is 13.0. The molecule has 2 fully saturated rings. The van der Waals surface area contributed by atoms with Gasteiger partial charge in [0.25, 0.3) is 0 Å². The van der Waals surface area contributed by atoms with E-state index >= 15 is 0 Å². The van der Waals surface area contributed by atoms with Crippen LogP contribution in [0, 0.1) is 5.92 Å². The largest absolute Gasteiger partial charge is 0.381 e. The van der Waals surface area contributed by atoms with Gasteiger partial charge in [-0.3, -0.25) is 4.79 Å². The van der Waals surface area contributed by atoms with Crippen molar-refractivity contribution >= 4 is 5.91 Å². The van der Waals surface area contributed by atoms with E-state index in [1.165, 1.54) is 11.1 Å². The molecule has 0 radical (unpaired) electrons. The van der Waals surface area contributed by atoms with Crippen LogP contribution in [-0.2, 0) is 14.9 Å². The molecular formula is C22H25NO2. The summed E-state index contributed by atoms with van der Waals surface area (Å²) in [6, 6.07) is 21.4. The number of likely N-dealkylation sites (tertiary alicyclic amines) is 1. The van der Waals surface area contributed by atoms with Gasteiger partial charge in [0.1, 0.15) is 0 Å². The zero-order valence-electron chi connectivity index (χ0n) is 14.6. The SMILES string of the molecule is O=C([C@@H]1CCOC1)N1CCCC(c2ccccc2)(c2ccccc2)C1. The Bertz CT molecular complexity index is 668. The van der Waals surface area contributed by atoms with Crippen molar-refractivity contribution in [3.8, 4) is 0 Å². The Morgan fingerprint density at radius 2 is 1.64 bits per heavy atom. The van der Waals surface area contributed by atoms with Gasteiger partial charge in [0.05, 0.1) is 12.5 Å². The quantitative estimate of drug-likeness (QED) is 0.857. The highest BCUT2D eigenvalue weighted by atomic mass is 16.5. The third-order valence-corrected chi connectivity index (χ3v) is 5.74. The van der Waals surface area contributed by atoms with Gasteiger partial charge in [-0.2, -0.15) is 0 Å². The Balaban J connectivity index is 1.70. The van der Waals surface area contributed by atoms with Gasteiger partial charge in [0, 0.05) is 25.1 Å². The molecule has 2 aliphatic rings. The van der Waals surface area contributed by atoms with Gasteiger partial charge >= 0.3 is 0 Å². The number of hydrogen-bond donors (Lipinski definition) is 0. The lowest BCUT2D eigenvalue weighted by Gasteiger charge is -2.44. The Morgan fingerprint density at radius 1 is 1.00 bits per heavy atom. The van der Waals surface area contributed by atoms with Crippen molar-refractivity contribution in [1.29, 1.82) is 0 Å². The Kier molecular flexibility index (Phi) is 4.58. The number of benzene rings is 2. The molecule has 0 N–H and O–H groups in total. The molecule has 2 aliphatic heterocycles. The summed E-state index contributed by atoms with van der Waals surface area (Å²) in [7, 11) is 0. The molecule has 0 saturated carbocycles. The van der Waals surface area contributed by atoms with Crippen molar-refractivity contribution in [3.05, 3.63) is 71.8 Å². The minimum Gasteiger partial charge on any atom is -0.381 e. The second-order valence-electron chi connectivity index (χ2n) is 7.24. The molecule has 1 atom stereocenters. The molecule has 0 bridgehead atoms. The Hall–Kier alpha value is -2.13. The lowest BCUT2D eigenvalue weighted by molar-refractivity contribution is -0.137. The first-order valence-electron chi connectivity index (χ1n) is 9.27. The van der Waals surface area contributed by atoms with E-state index < -0.39 is 0 Å². The van der Waals surface area contributed by atoms with Crippen LogP contribution in [0.2, 0.25) is 0 Å². The van der Waals surface area contributed by atoms with Gasteiger partial charge in [-0.25, -0.2) is 0 Å². The lowest BCUT2D eigenvalue weighted by Crippen LogP contribution is -2.50. The first-order chi connectivity index (χ1) is 12.3. The summed E-state index contributed by atoms with van der Waals surface area (Å²) < 4.78 is 5.44. The van der Waals surface area contributed by atoms with E-state index in [0.29, 0.717) is 13.2 Å². The summed E-state index contributed by atoms with van der Waals surface area (Å²) in [6.45, 7) is 2.92. The van der Waals surface area contributed by atoms with E-state index in [0.717, 1.165) is 32.4 Å². The highest BCUT2D eigenvalue weighted by Gasteiger charge is 2.41. The van der Waals surface area contributed by atoms with Crippen molar-refractivity contribution < 1.29 is 9.53 Å². The minimum atomic E-state index is -0.115. The van der Waals surface area contributed by atoms with Crippen LogP contribution in [0.5, 0.6) is 0 Å². The molecule has 3 nitrogen and oxygen atoms in total. The smallest absolute Gasteiger partial charge is 0.228 e. The van der Waals surface area contributed by atoms with Crippen LogP contribution >= 0.6 is 0 Å². The second kappa shape index (κ2) is 7.01. The zero-order chi connectivity index (χ0) is 17.1. The van der Waals surface area contributed by atoms with Crippen LogP contribution in [0.4, 0.5) is 0 Å². The number of rotatable bonds is 3. The molecule has 0 aromatic heterocycles. The average molecular weight is 335 g/mol. The van der Waals surface area contributed by atoms with Gasteiger partial charge in [-0.15, -0.1) is 0 Å². The molecule has 2 aromatic rings.